The van der Waals surface area contributed by atoms with Crippen LogP contribution >= 0.6 is 0 Å². The minimum Gasteiger partial charge on any atom is -0.423 e. The van der Waals surface area contributed by atoms with Crippen LogP contribution in [0.5, 0.6) is 5.75 Å². The van der Waals surface area contributed by atoms with E-state index in [-0.39, 0.29) is 5.97 Å². The molecule has 0 aliphatic heterocycles. The van der Waals surface area contributed by atoms with Crippen LogP contribution in [-0.4, -0.2) is 17.6 Å². The molecule has 4 nitrogen and oxygen atoms in total. The van der Waals surface area contributed by atoms with Gasteiger partial charge in [-0.3, -0.25) is 4.79 Å². The standard InChI is InChI=1S/C13H22N2O2/c1-4-5-6-7-8-13(16)17-12-10-15(3)9-11(12)14-2/h9-10,14H,4-8H2,1-3H3. The second kappa shape index (κ2) is 6.99. The zero-order chi connectivity index (χ0) is 12.7. The molecule has 0 aliphatic rings. The van der Waals surface area contributed by atoms with Crippen LogP contribution in [0, 0.1) is 0 Å². The highest BCUT2D eigenvalue weighted by Crippen LogP contribution is 2.25. The lowest BCUT2D eigenvalue weighted by Gasteiger charge is -2.04. The predicted octanol–water partition coefficient (Wildman–Crippen LogP) is 2.94. The van der Waals surface area contributed by atoms with Gasteiger partial charge in [-0.25, -0.2) is 0 Å². The summed E-state index contributed by atoms with van der Waals surface area (Å²) in [6.07, 6.45) is 8.55. The van der Waals surface area contributed by atoms with Crippen LogP contribution in [0.2, 0.25) is 0 Å². The van der Waals surface area contributed by atoms with Gasteiger partial charge in [-0.05, 0) is 6.42 Å². The Morgan fingerprint density at radius 3 is 2.76 bits per heavy atom. The summed E-state index contributed by atoms with van der Waals surface area (Å²) in [5.74, 6) is 0.458. The Bertz CT molecular complexity index is 358. The molecular formula is C13H22N2O2. The van der Waals surface area contributed by atoms with Gasteiger partial charge in [0.05, 0.1) is 5.69 Å². The number of hydrogen-bond acceptors (Lipinski definition) is 3. The fraction of sp³-hybridized carbons (Fsp3) is 0.615. The van der Waals surface area contributed by atoms with Crippen molar-refractivity contribution in [1.29, 1.82) is 0 Å². The second-order valence-corrected chi connectivity index (χ2v) is 4.24. The number of ether oxygens (including phenoxy) is 1. The van der Waals surface area contributed by atoms with Crippen molar-refractivity contribution in [2.24, 2.45) is 7.05 Å². The summed E-state index contributed by atoms with van der Waals surface area (Å²) in [7, 11) is 3.72. The SMILES string of the molecule is CCCCCCC(=O)Oc1cn(C)cc1NC. The van der Waals surface area contributed by atoms with Crippen molar-refractivity contribution < 1.29 is 9.53 Å². The minimum absolute atomic E-state index is 0.149. The van der Waals surface area contributed by atoms with Gasteiger partial charge in [-0.15, -0.1) is 0 Å². The molecule has 0 radical (unpaired) electrons. The third kappa shape index (κ3) is 4.51. The Hall–Kier alpha value is -1.45. The highest BCUT2D eigenvalue weighted by atomic mass is 16.5. The van der Waals surface area contributed by atoms with Gasteiger partial charge >= 0.3 is 5.97 Å². The lowest BCUT2D eigenvalue weighted by molar-refractivity contribution is -0.134. The summed E-state index contributed by atoms with van der Waals surface area (Å²) in [5.41, 5.74) is 0.842. The van der Waals surface area contributed by atoms with Crippen molar-refractivity contribution in [2.75, 3.05) is 12.4 Å². The van der Waals surface area contributed by atoms with Gasteiger partial charge in [0, 0.05) is 32.9 Å². The summed E-state index contributed by atoms with van der Waals surface area (Å²) in [5, 5.41) is 3.00. The highest BCUT2D eigenvalue weighted by Gasteiger charge is 2.10. The van der Waals surface area contributed by atoms with Gasteiger partial charge in [-0.1, -0.05) is 26.2 Å². The maximum atomic E-state index is 11.6. The molecule has 0 aliphatic carbocycles. The number of anilines is 1. The predicted molar refractivity (Wildman–Crippen MR) is 69.4 cm³/mol. The molecule has 4 heteroatoms. The molecule has 0 spiro atoms. The summed E-state index contributed by atoms with van der Waals surface area (Å²) in [6.45, 7) is 2.15. The Balaban J connectivity index is 2.39. The number of hydrogen-bond donors (Lipinski definition) is 1. The quantitative estimate of drug-likeness (QED) is 0.586. The van der Waals surface area contributed by atoms with Crippen LogP contribution in [0.3, 0.4) is 0 Å². The van der Waals surface area contributed by atoms with E-state index < -0.39 is 0 Å². The van der Waals surface area contributed by atoms with Crippen molar-refractivity contribution in [3.8, 4) is 5.75 Å². The van der Waals surface area contributed by atoms with Crippen molar-refractivity contribution in [1.82, 2.24) is 4.57 Å². The van der Waals surface area contributed by atoms with Crippen molar-refractivity contribution in [2.45, 2.75) is 39.0 Å². The monoisotopic (exact) mass is 238 g/mol. The maximum absolute atomic E-state index is 11.6. The van der Waals surface area contributed by atoms with Crippen LogP contribution in [-0.2, 0) is 11.8 Å². The Labute approximate surface area is 103 Å². The van der Waals surface area contributed by atoms with Crippen LogP contribution in [0.15, 0.2) is 12.4 Å². The molecule has 1 N–H and O–H groups in total. The zero-order valence-electron chi connectivity index (χ0n) is 11.0. The summed E-state index contributed by atoms with van der Waals surface area (Å²) in [6, 6.07) is 0. The number of aryl methyl sites for hydroxylation is 1. The first-order valence-corrected chi connectivity index (χ1v) is 6.21. The van der Waals surface area contributed by atoms with Crippen molar-refractivity contribution in [3.63, 3.8) is 0 Å². The second-order valence-electron chi connectivity index (χ2n) is 4.24. The number of carbonyl (C=O) groups excluding carboxylic acids is 1. The smallest absolute Gasteiger partial charge is 0.311 e. The van der Waals surface area contributed by atoms with Gasteiger partial charge < -0.3 is 14.6 Å². The molecule has 0 atom stereocenters. The van der Waals surface area contributed by atoms with Crippen molar-refractivity contribution >= 4 is 11.7 Å². The van der Waals surface area contributed by atoms with Gasteiger partial charge in [0.15, 0.2) is 5.75 Å². The summed E-state index contributed by atoms with van der Waals surface area (Å²) >= 11 is 0. The number of esters is 1. The van der Waals surface area contributed by atoms with E-state index in [2.05, 4.69) is 12.2 Å². The Kier molecular flexibility index (Phi) is 5.60. The molecule has 0 aromatic carbocycles. The van der Waals surface area contributed by atoms with Gasteiger partial charge in [0.2, 0.25) is 0 Å². The fourth-order valence-electron chi connectivity index (χ4n) is 1.70. The summed E-state index contributed by atoms with van der Waals surface area (Å²) in [4.78, 5) is 11.6. The molecule has 96 valence electrons. The van der Waals surface area contributed by atoms with Gasteiger partial charge in [-0.2, -0.15) is 0 Å². The molecule has 1 aromatic heterocycles. The van der Waals surface area contributed by atoms with E-state index >= 15 is 0 Å². The average Bonchev–Trinajstić information content (AvgIpc) is 2.65. The van der Waals surface area contributed by atoms with E-state index in [0.29, 0.717) is 12.2 Å². The Morgan fingerprint density at radius 1 is 1.35 bits per heavy atom. The van der Waals surface area contributed by atoms with E-state index in [4.69, 9.17) is 4.74 Å². The van der Waals surface area contributed by atoms with Crippen LogP contribution in [0.4, 0.5) is 5.69 Å². The molecule has 0 amide bonds. The molecule has 17 heavy (non-hydrogen) atoms. The van der Waals surface area contributed by atoms with E-state index in [1.165, 1.54) is 12.8 Å². The number of rotatable bonds is 7. The van der Waals surface area contributed by atoms with Gasteiger partial charge in [0.25, 0.3) is 0 Å². The number of aromatic nitrogens is 1. The van der Waals surface area contributed by atoms with E-state index in [9.17, 15) is 4.79 Å². The molecule has 1 aromatic rings. The maximum Gasteiger partial charge on any atom is 0.311 e. The normalized spacial score (nSPS) is 10.3. The largest absolute Gasteiger partial charge is 0.423 e. The first-order chi connectivity index (χ1) is 8.17. The van der Waals surface area contributed by atoms with E-state index in [1.807, 2.05) is 24.9 Å². The first kappa shape index (κ1) is 13.6. The fourth-order valence-corrected chi connectivity index (χ4v) is 1.70. The number of nitrogens with zero attached hydrogens (tertiary/aromatic N) is 1. The number of nitrogens with one attached hydrogen (secondary N) is 1. The highest BCUT2D eigenvalue weighted by molar-refractivity contribution is 5.74. The van der Waals surface area contributed by atoms with E-state index in [0.717, 1.165) is 18.5 Å². The minimum atomic E-state index is -0.149. The lowest BCUT2D eigenvalue weighted by atomic mass is 10.2. The Morgan fingerprint density at radius 2 is 2.12 bits per heavy atom. The summed E-state index contributed by atoms with van der Waals surface area (Å²) < 4.78 is 7.18. The van der Waals surface area contributed by atoms with Crippen LogP contribution in [0.1, 0.15) is 39.0 Å². The number of carbonyl (C=O) groups is 1. The van der Waals surface area contributed by atoms with Crippen molar-refractivity contribution in [3.05, 3.63) is 12.4 Å². The van der Waals surface area contributed by atoms with Gasteiger partial charge in [0.1, 0.15) is 0 Å². The topological polar surface area (TPSA) is 43.3 Å². The molecule has 0 saturated heterocycles. The van der Waals surface area contributed by atoms with E-state index in [1.54, 1.807) is 6.20 Å². The molecule has 1 heterocycles. The van der Waals surface area contributed by atoms with Crippen LogP contribution < -0.4 is 10.1 Å². The molecule has 0 fully saturated rings. The lowest BCUT2D eigenvalue weighted by Crippen LogP contribution is -2.08. The molecule has 1 rings (SSSR count). The molecule has 0 bridgehead atoms. The first-order valence-electron chi connectivity index (χ1n) is 6.21. The van der Waals surface area contributed by atoms with Crippen LogP contribution in [0.25, 0.3) is 0 Å². The third-order valence-electron chi connectivity index (χ3n) is 2.65. The zero-order valence-corrected chi connectivity index (χ0v) is 11.0. The number of unbranched alkanes of at least 4 members (excludes halogenated alkanes) is 3. The molecular weight excluding hydrogens is 216 g/mol. The molecule has 0 unspecified atom stereocenters. The average molecular weight is 238 g/mol. The third-order valence-corrected chi connectivity index (χ3v) is 2.65. The molecule has 0 saturated carbocycles.